The highest BCUT2D eigenvalue weighted by Gasteiger charge is 2.45. The Morgan fingerprint density at radius 2 is 1.86 bits per heavy atom. The number of carbonyl (C=O) groups excluding carboxylic acids is 4. The van der Waals surface area contributed by atoms with Crippen LogP contribution < -0.4 is 15.5 Å². The number of halogens is 1. The van der Waals surface area contributed by atoms with Crippen LogP contribution in [0.2, 0.25) is 0 Å². The van der Waals surface area contributed by atoms with Crippen LogP contribution in [0.25, 0.3) is 0 Å². The zero-order chi connectivity index (χ0) is 20.7. The number of benzene rings is 1. The number of anilines is 1. The Balaban J connectivity index is 1.63. The molecule has 1 aromatic carbocycles. The van der Waals surface area contributed by atoms with Crippen LogP contribution in [-0.4, -0.2) is 61.3 Å². The first kappa shape index (κ1) is 19.5. The number of nitrogens with one attached hydrogen (secondary N) is 2. The highest BCUT2D eigenvalue weighted by atomic mass is 19.1. The van der Waals surface area contributed by atoms with Gasteiger partial charge in [0, 0.05) is 19.5 Å². The van der Waals surface area contributed by atoms with Gasteiger partial charge >= 0.3 is 0 Å². The van der Waals surface area contributed by atoms with E-state index in [0.717, 1.165) is 30.4 Å². The Labute approximate surface area is 167 Å². The van der Waals surface area contributed by atoms with Crippen molar-refractivity contribution >= 4 is 29.3 Å². The van der Waals surface area contributed by atoms with Crippen molar-refractivity contribution in [2.45, 2.75) is 31.7 Å². The molecule has 8 nitrogen and oxygen atoms in total. The van der Waals surface area contributed by atoms with Crippen LogP contribution in [0.4, 0.5) is 10.1 Å². The van der Waals surface area contributed by atoms with E-state index in [1.54, 1.807) is 0 Å². The number of fused-ring (bicyclic) bond motifs is 1. The molecule has 3 aliphatic heterocycles. The maximum atomic E-state index is 14.9. The molecule has 154 valence electrons. The first-order chi connectivity index (χ1) is 13.9. The van der Waals surface area contributed by atoms with Crippen molar-refractivity contribution in [1.29, 1.82) is 0 Å². The standard InChI is InChI=1S/C20H23FN4O4/c1-22-9-11-3-2-6-24(10-11)16-8-13-12(7-14(16)21)19(28)25(20(13)29)15-4-5-17(26)23-18(15)27/h7-8,11,15,22H,2-6,9-10H2,1H3,(H,23,26,27). The molecule has 2 fully saturated rings. The molecule has 9 heteroatoms. The van der Waals surface area contributed by atoms with Crippen molar-refractivity contribution in [2.24, 2.45) is 5.92 Å². The van der Waals surface area contributed by atoms with Gasteiger partial charge in [-0.15, -0.1) is 0 Å². The van der Waals surface area contributed by atoms with Crippen LogP contribution in [-0.2, 0) is 9.59 Å². The molecule has 2 N–H and O–H groups in total. The zero-order valence-electron chi connectivity index (χ0n) is 16.2. The third kappa shape index (κ3) is 3.39. The topological polar surface area (TPSA) is 98.8 Å². The van der Waals surface area contributed by atoms with E-state index in [2.05, 4.69) is 10.6 Å². The molecule has 0 spiro atoms. The van der Waals surface area contributed by atoms with E-state index in [1.807, 2.05) is 11.9 Å². The van der Waals surface area contributed by atoms with Crippen LogP contribution >= 0.6 is 0 Å². The summed E-state index contributed by atoms with van der Waals surface area (Å²) in [7, 11) is 1.88. The largest absolute Gasteiger partial charge is 0.369 e. The molecule has 0 aromatic heterocycles. The normalized spacial score (nSPS) is 24.8. The SMILES string of the molecule is CNCC1CCCN(c2cc3c(cc2F)C(=O)N(C2CCC(=O)NC2=O)C3=O)C1. The average Bonchev–Trinajstić information content (AvgIpc) is 2.92. The van der Waals surface area contributed by atoms with Gasteiger partial charge < -0.3 is 10.2 Å². The van der Waals surface area contributed by atoms with E-state index in [4.69, 9.17) is 0 Å². The molecule has 4 amide bonds. The fourth-order valence-corrected chi connectivity index (χ4v) is 4.46. The third-order valence-electron chi connectivity index (χ3n) is 5.86. The molecule has 2 saturated heterocycles. The van der Waals surface area contributed by atoms with Gasteiger partial charge in [-0.2, -0.15) is 0 Å². The lowest BCUT2D eigenvalue weighted by molar-refractivity contribution is -0.136. The second-order valence-corrected chi connectivity index (χ2v) is 7.81. The summed E-state index contributed by atoms with van der Waals surface area (Å²) in [6, 6.07) is 1.47. The maximum Gasteiger partial charge on any atom is 0.262 e. The molecule has 0 saturated carbocycles. The molecule has 2 atom stereocenters. The lowest BCUT2D eigenvalue weighted by Crippen LogP contribution is -2.54. The fourth-order valence-electron chi connectivity index (χ4n) is 4.46. The fraction of sp³-hybridized carbons (Fsp3) is 0.500. The summed E-state index contributed by atoms with van der Waals surface area (Å²) in [6.45, 7) is 2.16. The minimum absolute atomic E-state index is 0.0373. The Hall–Kier alpha value is -2.81. The molecule has 4 rings (SSSR count). The van der Waals surface area contributed by atoms with Gasteiger partial charge in [-0.05, 0) is 50.9 Å². The van der Waals surface area contributed by atoms with E-state index in [-0.39, 0.29) is 24.0 Å². The van der Waals surface area contributed by atoms with E-state index in [0.29, 0.717) is 24.7 Å². The van der Waals surface area contributed by atoms with Crippen molar-refractivity contribution in [2.75, 3.05) is 31.6 Å². The van der Waals surface area contributed by atoms with Crippen molar-refractivity contribution < 1.29 is 23.6 Å². The number of rotatable bonds is 4. The highest BCUT2D eigenvalue weighted by molar-refractivity contribution is 6.23. The first-order valence-electron chi connectivity index (χ1n) is 9.85. The van der Waals surface area contributed by atoms with Crippen molar-refractivity contribution in [3.05, 3.63) is 29.1 Å². The van der Waals surface area contributed by atoms with Crippen LogP contribution in [0.5, 0.6) is 0 Å². The van der Waals surface area contributed by atoms with Gasteiger partial charge in [0.25, 0.3) is 11.8 Å². The Bertz CT molecular complexity index is 901. The van der Waals surface area contributed by atoms with E-state index >= 15 is 0 Å². The summed E-state index contributed by atoms with van der Waals surface area (Å²) in [6.07, 6.45) is 2.08. The molecular formula is C20H23FN4O4. The van der Waals surface area contributed by atoms with E-state index < -0.39 is 35.5 Å². The third-order valence-corrected chi connectivity index (χ3v) is 5.86. The van der Waals surface area contributed by atoms with Crippen molar-refractivity contribution in [3.63, 3.8) is 0 Å². The Morgan fingerprint density at radius 1 is 1.14 bits per heavy atom. The molecular weight excluding hydrogens is 379 g/mol. The number of nitrogens with zero attached hydrogens (tertiary/aromatic N) is 2. The lowest BCUT2D eigenvalue weighted by atomic mass is 9.97. The highest BCUT2D eigenvalue weighted by Crippen LogP contribution is 2.34. The van der Waals surface area contributed by atoms with Gasteiger partial charge in [0.15, 0.2) is 0 Å². The summed E-state index contributed by atoms with van der Waals surface area (Å²) in [4.78, 5) is 52.0. The summed E-state index contributed by atoms with van der Waals surface area (Å²) >= 11 is 0. The molecule has 0 aliphatic carbocycles. The zero-order valence-corrected chi connectivity index (χ0v) is 16.2. The smallest absolute Gasteiger partial charge is 0.262 e. The summed E-state index contributed by atoms with van der Waals surface area (Å²) in [5.41, 5.74) is 0.368. The minimum Gasteiger partial charge on any atom is -0.369 e. The number of amides is 4. The molecule has 0 bridgehead atoms. The predicted molar refractivity (Wildman–Crippen MR) is 102 cm³/mol. The number of hydrogen-bond acceptors (Lipinski definition) is 6. The van der Waals surface area contributed by atoms with E-state index in [9.17, 15) is 23.6 Å². The lowest BCUT2D eigenvalue weighted by Gasteiger charge is -2.34. The van der Waals surface area contributed by atoms with Gasteiger partial charge in [0.1, 0.15) is 11.9 Å². The minimum atomic E-state index is -1.05. The van der Waals surface area contributed by atoms with Crippen LogP contribution in [0, 0.1) is 11.7 Å². The van der Waals surface area contributed by atoms with Crippen molar-refractivity contribution in [1.82, 2.24) is 15.5 Å². The molecule has 2 unspecified atom stereocenters. The predicted octanol–water partition coefficient (Wildman–Crippen LogP) is 0.663. The van der Waals surface area contributed by atoms with Gasteiger partial charge in [0.05, 0.1) is 16.8 Å². The molecule has 0 radical (unpaired) electrons. The monoisotopic (exact) mass is 402 g/mol. The summed E-state index contributed by atoms with van der Waals surface area (Å²) < 4.78 is 14.9. The summed E-state index contributed by atoms with van der Waals surface area (Å²) in [5.74, 6) is -2.61. The van der Waals surface area contributed by atoms with Crippen molar-refractivity contribution in [3.8, 4) is 0 Å². The first-order valence-corrected chi connectivity index (χ1v) is 9.85. The molecule has 29 heavy (non-hydrogen) atoms. The van der Waals surface area contributed by atoms with Gasteiger partial charge in [-0.3, -0.25) is 29.4 Å². The molecule has 3 aliphatic rings. The van der Waals surface area contributed by atoms with Gasteiger partial charge in [0.2, 0.25) is 11.8 Å². The number of hydrogen-bond donors (Lipinski definition) is 2. The Morgan fingerprint density at radius 3 is 2.55 bits per heavy atom. The summed E-state index contributed by atoms with van der Waals surface area (Å²) in [5, 5.41) is 5.29. The average molecular weight is 402 g/mol. The Kier molecular flexibility index (Phi) is 5.08. The van der Waals surface area contributed by atoms with E-state index in [1.165, 1.54) is 6.07 Å². The molecule has 3 heterocycles. The van der Waals surface area contributed by atoms with Gasteiger partial charge in [-0.1, -0.05) is 0 Å². The number of piperidine rings is 2. The second-order valence-electron chi connectivity index (χ2n) is 7.81. The van der Waals surface area contributed by atoms with Gasteiger partial charge in [-0.25, -0.2) is 4.39 Å². The molecule has 1 aromatic rings. The maximum absolute atomic E-state index is 14.9. The second kappa shape index (κ2) is 7.55. The van der Waals surface area contributed by atoms with Crippen LogP contribution in [0.15, 0.2) is 12.1 Å². The van der Waals surface area contributed by atoms with Crippen LogP contribution in [0.3, 0.4) is 0 Å². The van der Waals surface area contributed by atoms with Crippen LogP contribution in [0.1, 0.15) is 46.4 Å². The number of imide groups is 2. The number of carbonyl (C=O) groups is 4. The quantitative estimate of drug-likeness (QED) is 0.718.